The highest BCUT2D eigenvalue weighted by Crippen LogP contribution is 2.27. The molecule has 0 aliphatic carbocycles. The Morgan fingerprint density at radius 2 is 1.64 bits per heavy atom. The Kier molecular flexibility index (Phi) is 3.06. The quantitative estimate of drug-likeness (QED) is 0.771. The van der Waals surface area contributed by atoms with E-state index in [2.05, 4.69) is 0 Å². The molecule has 0 fully saturated rings. The van der Waals surface area contributed by atoms with Crippen LogP contribution >= 0.6 is 0 Å². The molecule has 1 unspecified atom stereocenters. The summed E-state index contributed by atoms with van der Waals surface area (Å²) < 4.78 is 24.6. The van der Waals surface area contributed by atoms with E-state index in [1.54, 1.807) is 13.8 Å². The summed E-state index contributed by atoms with van der Waals surface area (Å²) in [7, 11) is 0. The van der Waals surface area contributed by atoms with Crippen LogP contribution in [0.1, 0.15) is 22.7 Å². The molecule has 1 rings (SSSR count). The predicted octanol–water partition coefficient (Wildman–Crippen LogP) is 2.27. The molecule has 0 heterocycles. The molecule has 2 nitrogen and oxygen atoms in total. The molecule has 0 aliphatic heterocycles. The topological polar surface area (TPSA) is 46.2 Å². The molecule has 0 spiro atoms. The van der Waals surface area contributed by atoms with Crippen molar-refractivity contribution in [3.05, 3.63) is 28.8 Å². The standard InChI is InChI=1S/C10H13F2NO/c1-5-3-7(8(13)10(11)12)4-6(2)9(5)14/h3-4,8,10,14H,13H2,1-2H3. The van der Waals surface area contributed by atoms with Crippen molar-refractivity contribution >= 4 is 0 Å². The van der Waals surface area contributed by atoms with Crippen LogP contribution in [0.25, 0.3) is 0 Å². The molecule has 14 heavy (non-hydrogen) atoms. The van der Waals surface area contributed by atoms with E-state index in [0.717, 1.165) is 0 Å². The van der Waals surface area contributed by atoms with Crippen molar-refractivity contribution in [1.29, 1.82) is 0 Å². The van der Waals surface area contributed by atoms with Crippen LogP contribution in [-0.2, 0) is 0 Å². The number of phenols is 1. The Morgan fingerprint density at radius 1 is 1.21 bits per heavy atom. The van der Waals surface area contributed by atoms with Crippen molar-refractivity contribution in [3.63, 3.8) is 0 Å². The molecule has 0 saturated carbocycles. The first kappa shape index (κ1) is 10.9. The van der Waals surface area contributed by atoms with Crippen LogP contribution in [-0.4, -0.2) is 11.5 Å². The number of rotatable bonds is 2. The number of nitrogens with two attached hydrogens (primary N) is 1. The summed E-state index contributed by atoms with van der Waals surface area (Å²) in [4.78, 5) is 0. The molecule has 1 atom stereocenters. The van der Waals surface area contributed by atoms with Crippen LogP contribution in [0.15, 0.2) is 12.1 Å². The average Bonchev–Trinajstić information content (AvgIpc) is 2.12. The van der Waals surface area contributed by atoms with Crippen LogP contribution in [0.2, 0.25) is 0 Å². The van der Waals surface area contributed by atoms with Gasteiger partial charge in [0, 0.05) is 0 Å². The Bertz CT molecular complexity index is 316. The number of benzene rings is 1. The van der Waals surface area contributed by atoms with Gasteiger partial charge in [-0.1, -0.05) is 12.1 Å². The van der Waals surface area contributed by atoms with Crippen molar-refractivity contribution < 1.29 is 13.9 Å². The van der Waals surface area contributed by atoms with Crippen molar-refractivity contribution in [2.45, 2.75) is 26.3 Å². The lowest BCUT2D eigenvalue weighted by atomic mass is 10.0. The molecular weight excluding hydrogens is 188 g/mol. The number of halogens is 2. The van der Waals surface area contributed by atoms with Gasteiger partial charge >= 0.3 is 0 Å². The number of phenolic OH excluding ortho intramolecular Hbond substituents is 1. The summed E-state index contributed by atoms with van der Waals surface area (Å²) in [6.45, 7) is 3.31. The van der Waals surface area contributed by atoms with Gasteiger partial charge in [-0.2, -0.15) is 0 Å². The Labute approximate surface area is 81.4 Å². The third-order valence-corrected chi connectivity index (χ3v) is 2.17. The SMILES string of the molecule is Cc1cc(C(N)C(F)F)cc(C)c1O. The van der Waals surface area contributed by atoms with Gasteiger partial charge < -0.3 is 10.8 Å². The number of hydrogen-bond donors (Lipinski definition) is 2. The minimum Gasteiger partial charge on any atom is -0.507 e. The maximum Gasteiger partial charge on any atom is 0.257 e. The fraction of sp³-hybridized carbons (Fsp3) is 0.400. The lowest BCUT2D eigenvalue weighted by molar-refractivity contribution is 0.116. The molecule has 3 N–H and O–H groups in total. The number of aromatic hydroxyl groups is 1. The molecular formula is C10H13F2NO. The highest BCUT2D eigenvalue weighted by atomic mass is 19.3. The summed E-state index contributed by atoms with van der Waals surface area (Å²) in [5.74, 6) is 0.134. The zero-order valence-corrected chi connectivity index (χ0v) is 8.09. The van der Waals surface area contributed by atoms with E-state index in [-0.39, 0.29) is 5.75 Å². The molecule has 0 amide bonds. The number of alkyl halides is 2. The fourth-order valence-corrected chi connectivity index (χ4v) is 1.33. The lowest BCUT2D eigenvalue weighted by Gasteiger charge is -2.13. The van der Waals surface area contributed by atoms with Crippen LogP contribution in [0.3, 0.4) is 0 Å². The highest BCUT2D eigenvalue weighted by Gasteiger charge is 2.18. The molecule has 1 aromatic rings. The molecule has 0 radical (unpaired) electrons. The maximum atomic E-state index is 12.3. The second-order valence-corrected chi connectivity index (χ2v) is 3.36. The van der Waals surface area contributed by atoms with Crippen molar-refractivity contribution in [3.8, 4) is 5.75 Å². The van der Waals surface area contributed by atoms with E-state index < -0.39 is 12.5 Å². The third kappa shape index (κ3) is 2.01. The van der Waals surface area contributed by atoms with E-state index in [1.165, 1.54) is 12.1 Å². The second kappa shape index (κ2) is 3.92. The first-order valence-corrected chi connectivity index (χ1v) is 4.27. The molecule has 0 saturated heterocycles. The van der Waals surface area contributed by atoms with Crippen LogP contribution in [0.5, 0.6) is 5.75 Å². The molecule has 1 aromatic carbocycles. The van der Waals surface area contributed by atoms with Crippen LogP contribution in [0.4, 0.5) is 8.78 Å². The van der Waals surface area contributed by atoms with E-state index in [0.29, 0.717) is 16.7 Å². The van der Waals surface area contributed by atoms with Gasteiger partial charge in [-0.15, -0.1) is 0 Å². The summed E-state index contributed by atoms with van der Waals surface area (Å²) in [5, 5.41) is 9.42. The van der Waals surface area contributed by atoms with Gasteiger partial charge in [0.1, 0.15) is 5.75 Å². The second-order valence-electron chi connectivity index (χ2n) is 3.36. The fourth-order valence-electron chi connectivity index (χ4n) is 1.33. The molecule has 0 bridgehead atoms. The lowest BCUT2D eigenvalue weighted by Crippen LogP contribution is -2.19. The summed E-state index contributed by atoms with van der Waals surface area (Å²) in [5.41, 5.74) is 6.78. The first-order valence-electron chi connectivity index (χ1n) is 4.27. The maximum absolute atomic E-state index is 12.3. The third-order valence-electron chi connectivity index (χ3n) is 2.17. The smallest absolute Gasteiger partial charge is 0.257 e. The van der Waals surface area contributed by atoms with Gasteiger partial charge in [-0.05, 0) is 30.5 Å². The van der Waals surface area contributed by atoms with Crippen LogP contribution in [0, 0.1) is 13.8 Å². The molecule has 4 heteroatoms. The zero-order chi connectivity index (χ0) is 10.9. The summed E-state index contributed by atoms with van der Waals surface area (Å²) >= 11 is 0. The van der Waals surface area contributed by atoms with Gasteiger partial charge in [0.05, 0.1) is 6.04 Å². The monoisotopic (exact) mass is 201 g/mol. The van der Waals surface area contributed by atoms with Gasteiger partial charge in [0.15, 0.2) is 0 Å². The molecule has 0 aromatic heterocycles. The zero-order valence-electron chi connectivity index (χ0n) is 8.09. The van der Waals surface area contributed by atoms with Gasteiger partial charge in [0.25, 0.3) is 6.43 Å². The van der Waals surface area contributed by atoms with E-state index in [1.807, 2.05) is 0 Å². The predicted molar refractivity (Wildman–Crippen MR) is 50.5 cm³/mol. The van der Waals surface area contributed by atoms with Gasteiger partial charge in [-0.25, -0.2) is 8.78 Å². The summed E-state index contributed by atoms with van der Waals surface area (Å²) in [6.07, 6.45) is -2.58. The Balaban J connectivity index is 3.12. The van der Waals surface area contributed by atoms with E-state index in [4.69, 9.17) is 5.73 Å². The average molecular weight is 201 g/mol. The van der Waals surface area contributed by atoms with Crippen molar-refractivity contribution in [2.75, 3.05) is 0 Å². The normalized spacial score (nSPS) is 13.3. The molecule has 0 aliphatic rings. The van der Waals surface area contributed by atoms with Crippen LogP contribution < -0.4 is 5.73 Å². The highest BCUT2D eigenvalue weighted by molar-refractivity contribution is 5.43. The number of aryl methyl sites for hydroxylation is 2. The van der Waals surface area contributed by atoms with Gasteiger partial charge in [-0.3, -0.25) is 0 Å². The molecule has 78 valence electrons. The van der Waals surface area contributed by atoms with Crippen molar-refractivity contribution in [1.82, 2.24) is 0 Å². The number of hydrogen-bond acceptors (Lipinski definition) is 2. The minimum atomic E-state index is -2.58. The Morgan fingerprint density at radius 3 is 2.00 bits per heavy atom. The summed E-state index contributed by atoms with van der Waals surface area (Å²) in [6, 6.07) is 1.69. The first-order chi connectivity index (χ1) is 6.43. The Hall–Kier alpha value is -1.16. The van der Waals surface area contributed by atoms with Crippen molar-refractivity contribution in [2.24, 2.45) is 5.73 Å². The van der Waals surface area contributed by atoms with E-state index in [9.17, 15) is 13.9 Å². The minimum absolute atomic E-state index is 0.134. The van der Waals surface area contributed by atoms with Gasteiger partial charge in [0.2, 0.25) is 0 Å². The van der Waals surface area contributed by atoms with E-state index >= 15 is 0 Å². The largest absolute Gasteiger partial charge is 0.507 e.